The number of ether oxygens (including phenoxy) is 1. The van der Waals surface area contributed by atoms with Crippen LogP contribution < -0.4 is 5.32 Å². The second-order valence-corrected chi connectivity index (χ2v) is 8.80. The standard InChI is InChI=1S/C24H29NO3/c1-23(2,24(27)13-7-8-14-24)16-25-22(26)28-15-21-19-11-5-3-9-17(19)18-10-4-6-12-20(18)21/h3-6,9-12,21,27H,7-8,13-16H2,1-2H3,(H,25,26). The molecule has 2 N–H and O–H groups in total. The number of carbonyl (C=O) groups excluding carboxylic acids is 1. The quantitative estimate of drug-likeness (QED) is 0.780. The molecule has 0 spiro atoms. The molecule has 0 heterocycles. The molecule has 0 unspecified atom stereocenters. The molecule has 1 fully saturated rings. The average Bonchev–Trinajstić information content (AvgIpc) is 3.28. The third-order valence-corrected chi connectivity index (χ3v) is 6.71. The van der Waals surface area contributed by atoms with Crippen molar-refractivity contribution < 1.29 is 14.6 Å². The van der Waals surface area contributed by atoms with E-state index in [-0.39, 0.29) is 11.3 Å². The first-order valence-electron chi connectivity index (χ1n) is 10.2. The maximum Gasteiger partial charge on any atom is 0.407 e. The van der Waals surface area contributed by atoms with Crippen LogP contribution in [0.1, 0.15) is 56.6 Å². The molecule has 0 bridgehead atoms. The molecular formula is C24H29NO3. The van der Waals surface area contributed by atoms with Gasteiger partial charge >= 0.3 is 6.09 Å². The Balaban J connectivity index is 1.39. The minimum Gasteiger partial charge on any atom is -0.449 e. The van der Waals surface area contributed by atoms with Gasteiger partial charge in [-0.15, -0.1) is 0 Å². The summed E-state index contributed by atoms with van der Waals surface area (Å²) in [7, 11) is 0. The maximum absolute atomic E-state index is 12.4. The summed E-state index contributed by atoms with van der Waals surface area (Å²) in [5.41, 5.74) is 3.76. The molecule has 0 radical (unpaired) electrons. The minimum absolute atomic E-state index is 0.0603. The van der Waals surface area contributed by atoms with Crippen LogP contribution in [0.4, 0.5) is 4.79 Å². The molecule has 28 heavy (non-hydrogen) atoms. The Morgan fingerprint density at radius 2 is 1.61 bits per heavy atom. The molecule has 4 rings (SSSR count). The fraction of sp³-hybridized carbons (Fsp3) is 0.458. The zero-order valence-electron chi connectivity index (χ0n) is 16.7. The van der Waals surface area contributed by atoms with E-state index in [0.717, 1.165) is 25.7 Å². The first-order valence-corrected chi connectivity index (χ1v) is 10.2. The lowest BCUT2D eigenvalue weighted by Gasteiger charge is -2.40. The number of benzene rings is 2. The van der Waals surface area contributed by atoms with Gasteiger partial charge < -0.3 is 15.2 Å². The maximum atomic E-state index is 12.4. The summed E-state index contributed by atoms with van der Waals surface area (Å²) >= 11 is 0. The summed E-state index contributed by atoms with van der Waals surface area (Å²) < 4.78 is 5.60. The van der Waals surface area contributed by atoms with E-state index in [1.165, 1.54) is 22.3 Å². The summed E-state index contributed by atoms with van der Waals surface area (Å²) in [5, 5.41) is 13.7. The first-order chi connectivity index (χ1) is 13.4. The van der Waals surface area contributed by atoms with E-state index < -0.39 is 11.7 Å². The van der Waals surface area contributed by atoms with Crippen molar-refractivity contribution in [2.24, 2.45) is 5.41 Å². The van der Waals surface area contributed by atoms with Gasteiger partial charge in [0, 0.05) is 17.9 Å². The molecule has 4 heteroatoms. The second kappa shape index (κ2) is 7.25. The van der Waals surface area contributed by atoms with E-state index in [1.807, 2.05) is 38.1 Å². The Kier molecular flexibility index (Phi) is 4.92. The van der Waals surface area contributed by atoms with Crippen molar-refractivity contribution in [3.8, 4) is 11.1 Å². The molecule has 0 aromatic heterocycles. The Morgan fingerprint density at radius 3 is 2.18 bits per heavy atom. The normalized spacial score (nSPS) is 17.8. The fourth-order valence-electron chi connectivity index (χ4n) is 4.74. The highest BCUT2D eigenvalue weighted by Crippen LogP contribution is 2.45. The zero-order valence-corrected chi connectivity index (χ0v) is 16.7. The van der Waals surface area contributed by atoms with E-state index in [0.29, 0.717) is 13.2 Å². The van der Waals surface area contributed by atoms with Crippen LogP contribution in [0.15, 0.2) is 48.5 Å². The lowest BCUT2D eigenvalue weighted by Crippen LogP contribution is -2.49. The Labute approximate surface area is 166 Å². The van der Waals surface area contributed by atoms with E-state index in [2.05, 4.69) is 29.6 Å². The second-order valence-electron chi connectivity index (χ2n) is 8.80. The van der Waals surface area contributed by atoms with Crippen molar-refractivity contribution in [3.63, 3.8) is 0 Å². The fourth-order valence-corrected chi connectivity index (χ4v) is 4.74. The zero-order chi connectivity index (χ0) is 19.8. The van der Waals surface area contributed by atoms with E-state index >= 15 is 0 Å². The van der Waals surface area contributed by atoms with Gasteiger partial charge in [0.2, 0.25) is 0 Å². The van der Waals surface area contributed by atoms with Crippen molar-refractivity contribution in [1.82, 2.24) is 5.32 Å². The Bertz CT molecular complexity index is 822. The van der Waals surface area contributed by atoms with Crippen LogP contribution in [-0.4, -0.2) is 30.0 Å². The molecule has 2 aromatic carbocycles. The van der Waals surface area contributed by atoms with Gasteiger partial charge in [0.25, 0.3) is 0 Å². The van der Waals surface area contributed by atoms with Crippen molar-refractivity contribution in [3.05, 3.63) is 59.7 Å². The molecular weight excluding hydrogens is 350 g/mol. The van der Waals surface area contributed by atoms with E-state index in [9.17, 15) is 9.90 Å². The average molecular weight is 380 g/mol. The summed E-state index contributed by atoms with van der Waals surface area (Å²) in [6.07, 6.45) is 3.27. The van der Waals surface area contributed by atoms with Gasteiger partial charge in [0.1, 0.15) is 6.61 Å². The Hall–Kier alpha value is -2.33. The topological polar surface area (TPSA) is 58.6 Å². The molecule has 0 saturated heterocycles. The van der Waals surface area contributed by atoms with Crippen LogP contribution >= 0.6 is 0 Å². The number of hydrogen-bond acceptors (Lipinski definition) is 3. The van der Waals surface area contributed by atoms with E-state index in [1.54, 1.807) is 0 Å². The predicted molar refractivity (Wildman–Crippen MR) is 110 cm³/mol. The highest BCUT2D eigenvalue weighted by atomic mass is 16.5. The van der Waals surface area contributed by atoms with Gasteiger partial charge in [-0.1, -0.05) is 75.2 Å². The largest absolute Gasteiger partial charge is 0.449 e. The summed E-state index contributed by atoms with van der Waals surface area (Å²) in [6, 6.07) is 16.6. The van der Waals surface area contributed by atoms with Crippen molar-refractivity contribution in [2.45, 2.75) is 51.0 Å². The molecule has 4 nitrogen and oxygen atoms in total. The molecule has 1 saturated carbocycles. The number of nitrogens with one attached hydrogen (secondary N) is 1. The number of carbonyl (C=O) groups is 1. The first kappa shape index (κ1) is 19.0. The monoisotopic (exact) mass is 379 g/mol. The number of aliphatic hydroxyl groups is 1. The number of fused-ring (bicyclic) bond motifs is 3. The number of rotatable bonds is 5. The molecule has 1 amide bonds. The highest BCUT2D eigenvalue weighted by molar-refractivity contribution is 5.79. The van der Waals surface area contributed by atoms with E-state index in [4.69, 9.17) is 4.74 Å². The number of amides is 1. The summed E-state index contributed by atoms with van der Waals surface area (Å²) in [4.78, 5) is 12.4. The lowest BCUT2D eigenvalue weighted by atomic mass is 9.73. The highest BCUT2D eigenvalue weighted by Gasteiger charge is 2.45. The SMILES string of the molecule is CC(C)(CNC(=O)OCC1c2ccccc2-c2ccccc21)C1(O)CCCC1. The molecule has 2 aromatic rings. The molecule has 0 atom stereocenters. The molecule has 2 aliphatic carbocycles. The van der Waals surface area contributed by atoms with Crippen molar-refractivity contribution in [2.75, 3.05) is 13.2 Å². The van der Waals surface area contributed by atoms with Gasteiger partial charge in [-0.25, -0.2) is 4.79 Å². The van der Waals surface area contributed by atoms with Gasteiger partial charge in [-0.2, -0.15) is 0 Å². The van der Waals surface area contributed by atoms with Crippen molar-refractivity contribution in [1.29, 1.82) is 0 Å². The summed E-state index contributed by atoms with van der Waals surface area (Å²) in [5.74, 6) is 0.0603. The van der Waals surface area contributed by atoms with Crippen LogP contribution in [0.5, 0.6) is 0 Å². The van der Waals surface area contributed by atoms with Gasteiger partial charge in [-0.3, -0.25) is 0 Å². The van der Waals surface area contributed by atoms with Gasteiger partial charge in [0.05, 0.1) is 5.60 Å². The van der Waals surface area contributed by atoms with Crippen molar-refractivity contribution >= 4 is 6.09 Å². The van der Waals surface area contributed by atoms with Crippen LogP contribution in [0.25, 0.3) is 11.1 Å². The van der Waals surface area contributed by atoms with Crippen LogP contribution in [0, 0.1) is 5.41 Å². The number of alkyl carbamates (subject to hydrolysis) is 1. The molecule has 2 aliphatic rings. The Morgan fingerprint density at radius 1 is 1.07 bits per heavy atom. The predicted octanol–water partition coefficient (Wildman–Crippen LogP) is 4.86. The smallest absolute Gasteiger partial charge is 0.407 e. The van der Waals surface area contributed by atoms with Gasteiger partial charge in [0.15, 0.2) is 0 Å². The molecule has 0 aliphatic heterocycles. The number of hydrogen-bond donors (Lipinski definition) is 2. The molecule has 148 valence electrons. The lowest BCUT2D eigenvalue weighted by molar-refractivity contribution is -0.0595. The third kappa shape index (κ3) is 3.30. The van der Waals surface area contributed by atoms with Crippen LogP contribution in [-0.2, 0) is 4.74 Å². The third-order valence-electron chi connectivity index (χ3n) is 6.71. The van der Waals surface area contributed by atoms with Crippen LogP contribution in [0.3, 0.4) is 0 Å². The summed E-state index contributed by atoms with van der Waals surface area (Å²) in [6.45, 7) is 4.74. The van der Waals surface area contributed by atoms with Gasteiger partial charge in [-0.05, 0) is 35.1 Å². The van der Waals surface area contributed by atoms with Crippen LogP contribution in [0.2, 0.25) is 0 Å². The minimum atomic E-state index is -0.705.